The number of carbonyl (C=O) groups excluding carboxylic acids is 1. The smallest absolute Gasteiger partial charge is 0.339 e. The fraction of sp³-hybridized carbons (Fsp3) is 0.304. The van der Waals surface area contributed by atoms with Crippen molar-refractivity contribution in [2.24, 2.45) is 0 Å². The first kappa shape index (κ1) is 23.4. The number of sulfonamides is 1. The van der Waals surface area contributed by atoms with Crippen LogP contribution in [0, 0.1) is 0 Å². The number of aromatic nitrogens is 1. The molecule has 1 fully saturated rings. The molecule has 1 aromatic heterocycles. The molecule has 2 heterocycles. The van der Waals surface area contributed by atoms with E-state index in [0.29, 0.717) is 32.7 Å². The molecule has 33 heavy (non-hydrogen) atoms. The van der Waals surface area contributed by atoms with Crippen LogP contribution in [0.4, 0.5) is 0 Å². The summed E-state index contributed by atoms with van der Waals surface area (Å²) in [6, 6.07) is 13.9. The minimum Gasteiger partial charge on any atom is -0.497 e. The molecule has 1 aliphatic rings. The van der Waals surface area contributed by atoms with Crippen molar-refractivity contribution in [2.75, 3.05) is 40.4 Å². The first-order valence-corrected chi connectivity index (χ1v) is 12.7. The molecule has 174 valence electrons. The fourth-order valence-corrected chi connectivity index (χ4v) is 6.13. The number of benzene rings is 2. The second-order valence-corrected chi connectivity index (χ2v) is 10.3. The van der Waals surface area contributed by atoms with E-state index in [1.54, 1.807) is 30.6 Å². The molecule has 0 saturated carbocycles. The average molecular weight is 488 g/mol. The number of ether oxygens (including phenoxy) is 2. The highest BCUT2D eigenvalue weighted by Gasteiger charge is 2.32. The van der Waals surface area contributed by atoms with Gasteiger partial charge < -0.3 is 9.47 Å². The molecule has 0 atom stereocenters. The van der Waals surface area contributed by atoms with Crippen molar-refractivity contribution in [1.29, 1.82) is 0 Å². The topological polar surface area (TPSA) is 89.0 Å². The van der Waals surface area contributed by atoms with Crippen LogP contribution in [-0.2, 0) is 21.3 Å². The highest BCUT2D eigenvalue weighted by atomic mass is 32.2. The van der Waals surface area contributed by atoms with E-state index < -0.39 is 16.0 Å². The van der Waals surface area contributed by atoms with Crippen molar-refractivity contribution < 1.29 is 22.7 Å². The standard InChI is InChI=1S/C23H25N3O5S2/c1-30-19-9-7-17(8-10-19)22-24-18(16-32-22)15-25-11-13-26(14-12-25)33(28,29)21-6-4-3-5-20(21)23(27)31-2/h3-10,16H,11-15H2,1-2H3. The third kappa shape index (κ3) is 5.09. The average Bonchev–Trinajstić information content (AvgIpc) is 3.32. The molecular formula is C23H25N3O5S2. The Hall–Kier alpha value is -2.79. The molecule has 0 amide bonds. The van der Waals surface area contributed by atoms with Gasteiger partial charge in [0.15, 0.2) is 0 Å². The summed E-state index contributed by atoms with van der Waals surface area (Å²) in [6.45, 7) is 2.49. The van der Waals surface area contributed by atoms with Crippen molar-refractivity contribution in [3.63, 3.8) is 0 Å². The van der Waals surface area contributed by atoms with Gasteiger partial charge >= 0.3 is 5.97 Å². The maximum absolute atomic E-state index is 13.2. The van der Waals surface area contributed by atoms with Crippen LogP contribution < -0.4 is 4.74 Å². The number of hydrogen-bond acceptors (Lipinski definition) is 8. The van der Waals surface area contributed by atoms with Crippen molar-refractivity contribution in [2.45, 2.75) is 11.4 Å². The van der Waals surface area contributed by atoms with Gasteiger partial charge in [0.25, 0.3) is 0 Å². The van der Waals surface area contributed by atoms with Crippen LogP contribution in [0.2, 0.25) is 0 Å². The van der Waals surface area contributed by atoms with Crippen molar-refractivity contribution in [3.8, 4) is 16.3 Å². The number of carbonyl (C=O) groups is 1. The van der Waals surface area contributed by atoms with Gasteiger partial charge in [-0.25, -0.2) is 18.2 Å². The maximum atomic E-state index is 13.2. The summed E-state index contributed by atoms with van der Waals surface area (Å²) < 4.78 is 37.7. The molecular weight excluding hydrogens is 462 g/mol. The molecule has 3 aromatic rings. The van der Waals surface area contributed by atoms with Gasteiger partial charge in [-0.3, -0.25) is 4.90 Å². The lowest BCUT2D eigenvalue weighted by Gasteiger charge is -2.33. The van der Waals surface area contributed by atoms with Gasteiger partial charge in [-0.05, 0) is 36.4 Å². The number of piperazine rings is 1. The van der Waals surface area contributed by atoms with Crippen LogP contribution in [-0.4, -0.2) is 69.0 Å². The Morgan fingerprint density at radius 1 is 1.03 bits per heavy atom. The Morgan fingerprint density at radius 2 is 1.73 bits per heavy atom. The molecule has 4 rings (SSSR count). The predicted octanol–water partition coefficient (Wildman–Crippen LogP) is 3.11. The molecule has 0 radical (unpaired) electrons. The molecule has 2 aromatic carbocycles. The summed E-state index contributed by atoms with van der Waals surface area (Å²) in [4.78, 5) is 18.9. The second kappa shape index (κ2) is 10.0. The van der Waals surface area contributed by atoms with Crippen LogP contribution in [0.25, 0.3) is 10.6 Å². The fourth-order valence-electron chi connectivity index (χ4n) is 3.71. The van der Waals surface area contributed by atoms with Crippen LogP contribution in [0.1, 0.15) is 16.1 Å². The number of hydrogen-bond donors (Lipinski definition) is 0. The Labute approximate surface area is 197 Å². The van der Waals surface area contributed by atoms with Crippen molar-refractivity contribution in [1.82, 2.24) is 14.2 Å². The van der Waals surface area contributed by atoms with Crippen LogP contribution in [0.3, 0.4) is 0 Å². The summed E-state index contributed by atoms with van der Waals surface area (Å²) in [5.74, 6) is 0.140. The maximum Gasteiger partial charge on any atom is 0.339 e. The first-order valence-electron chi connectivity index (χ1n) is 10.4. The van der Waals surface area contributed by atoms with E-state index in [-0.39, 0.29) is 10.5 Å². The summed E-state index contributed by atoms with van der Waals surface area (Å²) in [7, 11) is -0.922. The molecule has 10 heteroatoms. The highest BCUT2D eigenvalue weighted by molar-refractivity contribution is 7.89. The lowest BCUT2D eigenvalue weighted by molar-refractivity contribution is 0.0596. The third-order valence-electron chi connectivity index (χ3n) is 5.52. The minimum atomic E-state index is -3.80. The Morgan fingerprint density at radius 3 is 2.39 bits per heavy atom. The Bertz CT molecular complexity index is 1220. The van der Waals surface area contributed by atoms with Gasteiger partial charge in [0.1, 0.15) is 10.8 Å². The Balaban J connectivity index is 1.40. The van der Waals surface area contributed by atoms with E-state index in [1.165, 1.54) is 23.5 Å². The van der Waals surface area contributed by atoms with Gasteiger partial charge in [-0.15, -0.1) is 11.3 Å². The monoisotopic (exact) mass is 487 g/mol. The van der Waals surface area contributed by atoms with Gasteiger partial charge in [0.2, 0.25) is 10.0 Å². The van der Waals surface area contributed by atoms with E-state index >= 15 is 0 Å². The van der Waals surface area contributed by atoms with Crippen LogP contribution in [0.5, 0.6) is 5.75 Å². The number of thiazole rings is 1. The lowest BCUT2D eigenvalue weighted by Crippen LogP contribution is -2.48. The normalized spacial score (nSPS) is 15.3. The number of nitrogens with zero attached hydrogens (tertiary/aromatic N) is 3. The Kier molecular flexibility index (Phi) is 7.08. The quantitative estimate of drug-likeness (QED) is 0.473. The second-order valence-electron chi connectivity index (χ2n) is 7.54. The molecule has 0 unspecified atom stereocenters. The molecule has 8 nitrogen and oxygen atoms in total. The van der Waals surface area contributed by atoms with E-state index in [4.69, 9.17) is 14.5 Å². The molecule has 0 spiro atoms. The molecule has 0 bridgehead atoms. The van der Waals surface area contributed by atoms with Crippen molar-refractivity contribution in [3.05, 3.63) is 65.2 Å². The number of rotatable bonds is 7. The zero-order valence-electron chi connectivity index (χ0n) is 18.4. The zero-order valence-corrected chi connectivity index (χ0v) is 20.1. The molecule has 1 aliphatic heterocycles. The highest BCUT2D eigenvalue weighted by Crippen LogP contribution is 2.27. The van der Waals surface area contributed by atoms with Crippen LogP contribution >= 0.6 is 11.3 Å². The van der Waals surface area contributed by atoms with E-state index in [0.717, 1.165) is 22.0 Å². The van der Waals surface area contributed by atoms with Gasteiger partial charge in [0, 0.05) is 43.7 Å². The summed E-state index contributed by atoms with van der Waals surface area (Å²) in [6.07, 6.45) is 0. The molecule has 1 saturated heterocycles. The van der Waals surface area contributed by atoms with Gasteiger partial charge in [-0.1, -0.05) is 12.1 Å². The van der Waals surface area contributed by atoms with Crippen molar-refractivity contribution >= 4 is 27.3 Å². The third-order valence-corrected chi connectivity index (χ3v) is 8.41. The first-order chi connectivity index (χ1) is 15.9. The van der Waals surface area contributed by atoms with Gasteiger partial charge in [0.05, 0.1) is 30.4 Å². The summed E-state index contributed by atoms with van der Waals surface area (Å²) >= 11 is 1.58. The van der Waals surface area contributed by atoms with E-state index in [9.17, 15) is 13.2 Å². The van der Waals surface area contributed by atoms with Crippen LogP contribution in [0.15, 0.2) is 58.8 Å². The number of methoxy groups -OCH3 is 2. The van der Waals surface area contributed by atoms with E-state index in [1.807, 2.05) is 29.6 Å². The largest absolute Gasteiger partial charge is 0.497 e. The number of esters is 1. The zero-order chi connectivity index (χ0) is 23.4. The van der Waals surface area contributed by atoms with Gasteiger partial charge in [-0.2, -0.15) is 4.31 Å². The lowest BCUT2D eigenvalue weighted by atomic mass is 10.2. The summed E-state index contributed by atoms with van der Waals surface area (Å²) in [5.41, 5.74) is 2.04. The predicted molar refractivity (Wildman–Crippen MR) is 126 cm³/mol. The van der Waals surface area contributed by atoms with E-state index in [2.05, 4.69) is 4.90 Å². The molecule has 0 N–H and O–H groups in total. The SMILES string of the molecule is COC(=O)c1ccccc1S(=O)(=O)N1CCN(Cc2csc(-c3ccc(OC)cc3)n2)CC1. The summed E-state index contributed by atoms with van der Waals surface area (Å²) in [5, 5.41) is 2.98. The molecule has 0 aliphatic carbocycles. The minimum absolute atomic E-state index is 0.0195.